The van der Waals surface area contributed by atoms with E-state index in [0.29, 0.717) is 11.5 Å². The Bertz CT molecular complexity index is 876. The minimum Gasteiger partial charge on any atom is -0.282 e. The molecular formula is C19H26N3O4S+. The molecule has 1 heterocycles. The Morgan fingerprint density at radius 1 is 1.26 bits per heavy atom. The lowest BCUT2D eigenvalue weighted by atomic mass is 10.2. The van der Waals surface area contributed by atoms with Crippen molar-refractivity contribution in [2.75, 3.05) is 0 Å². The van der Waals surface area contributed by atoms with E-state index in [1.807, 2.05) is 30.8 Å². The molecule has 0 spiro atoms. The first kappa shape index (κ1) is 22.5. The number of hydrazone groups is 1. The van der Waals surface area contributed by atoms with Gasteiger partial charge in [0.05, 0.1) is 4.90 Å². The second-order valence-corrected chi connectivity index (χ2v) is 7.85. The number of hydrogen-bond donors (Lipinski definition) is 2. The molecule has 0 aliphatic heterocycles. The van der Waals surface area contributed by atoms with Crippen LogP contribution in [-0.2, 0) is 17.2 Å². The van der Waals surface area contributed by atoms with Crippen LogP contribution < -0.4 is 9.99 Å². The van der Waals surface area contributed by atoms with Gasteiger partial charge in [0, 0.05) is 12.3 Å². The number of carbonyl (C=O) groups is 1. The molecular weight excluding hydrogens is 366 g/mol. The zero-order valence-electron chi connectivity index (χ0n) is 16.0. The number of aryl methyl sites for hydroxylation is 2. The molecule has 0 aliphatic rings. The number of hydrogen-bond acceptors (Lipinski definition) is 4. The number of pyridine rings is 1. The maximum Gasteiger partial charge on any atom is 0.294 e. The summed E-state index contributed by atoms with van der Waals surface area (Å²) < 4.78 is 31.4. The smallest absolute Gasteiger partial charge is 0.282 e. The summed E-state index contributed by atoms with van der Waals surface area (Å²) in [4.78, 5) is 11.5. The van der Waals surface area contributed by atoms with Gasteiger partial charge in [0.15, 0.2) is 12.4 Å². The SMILES string of the molecule is CC(C)C/C=N/NC(=O)c1ccc[n+](C)c1.Cc1ccc(S(=O)(=O)O)cc1. The highest BCUT2D eigenvalue weighted by Gasteiger charge is 2.07. The molecule has 0 atom stereocenters. The molecule has 2 rings (SSSR count). The first-order chi connectivity index (χ1) is 12.6. The van der Waals surface area contributed by atoms with E-state index < -0.39 is 10.1 Å². The largest absolute Gasteiger partial charge is 0.294 e. The van der Waals surface area contributed by atoms with Gasteiger partial charge in [-0.25, -0.2) is 9.99 Å². The van der Waals surface area contributed by atoms with Gasteiger partial charge < -0.3 is 0 Å². The highest BCUT2D eigenvalue weighted by Crippen LogP contribution is 2.08. The second kappa shape index (κ2) is 10.5. The molecule has 1 amide bonds. The first-order valence-electron chi connectivity index (χ1n) is 8.41. The van der Waals surface area contributed by atoms with Crippen molar-refractivity contribution in [3.8, 4) is 0 Å². The molecule has 8 heteroatoms. The maximum atomic E-state index is 11.6. The molecule has 2 aromatic rings. The van der Waals surface area contributed by atoms with E-state index in [0.717, 1.165) is 12.0 Å². The fraction of sp³-hybridized carbons (Fsp3) is 0.316. The summed E-state index contributed by atoms with van der Waals surface area (Å²) in [5.74, 6) is 0.367. The average Bonchev–Trinajstić information content (AvgIpc) is 2.58. The lowest BCUT2D eigenvalue weighted by Gasteiger charge is -1.99. The molecule has 2 N–H and O–H groups in total. The second-order valence-electron chi connectivity index (χ2n) is 6.43. The molecule has 0 bridgehead atoms. The Morgan fingerprint density at radius 2 is 1.89 bits per heavy atom. The van der Waals surface area contributed by atoms with E-state index in [2.05, 4.69) is 24.4 Å². The number of benzene rings is 1. The van der Waals surface area contributed by atoms with Crippen molar-refractivity contribution < 1.29 is 22.3 Å². The maximum absolute atomic E-state index is 11.6. The van der Waals surface area contributed by atoms with Crippen LogP contribution in [0.15, 0.2) is 58.8 Å². The van der Waals surface area contributed by atoms with Crippen LogP contribution in [-0.4, -0.2) is 25.1 Å². The van der Waals surface area contributed by atoms with Crippen LogP contribution >= 0.6 is 0 Å². The summed E-state index contributed by atoms with van der Waals surface area (Å²) in [5.41, 5.74) is 4.06. The molecule has 1 aromatic heterocycles. The molecule has 0 radical (unpaired) electrons. The van der Waals surface area contributed by atoms with Gasteiger partial charge in [0.1, 0.15) is 12.6 Å². The molecule has 0 fully saturated rings. The number of rotatable bonds is 5. The summed E-state index contributed by atoms with van der Waals surface area (Å²) in [6.07, 6.45) is 6.22. The van der Waals surface area contributed by atoms with E-state index in [9.17, 15) is 13.2 Å². The van der Waals surface area contributed by atoms with Crippen LogP contribution in [0.1, 0.15) is 36.2 Å². The van der Waals surface area contributed by atoms with Gasteiger partial charge in [-0.15, -0.1) is 0 Å². The van der Waals surface area contributed by atoms with Gasteiger partial charge in [-0.2, -0.15) is 13.5 Å². The minimum atomic E-state index is -4.02. The lowest BCUT2D eigenvalue weighted by molar-refractivity contribution is -0.671. The van der Waals surface area contributed by atoms with E-state index >= 15 is 0 Å². The zero-order valence-corrected chi connectivity index (χ0v) is 16.8. The quantitative estimate of drug-likeness (QED) is 0.353. The molecule has 0 saturated heterocycles. The molecule has 0 saturated carbocycles. The van der Waals surface area contributed by atoms with Gasteiger partial charge in [0.25, 0.3) is 16.0 Å². The molecule has 1 aromatic carbocycles. The molecule has 0 unspecified atom stereocenters. The predicted molar refractivity (Wildman–Crippen MR) is 104 cm³/mol. The summed E-state index contributed by atoms with van der Waals surface area (Å²) in [6, 6.07) is 9.57. The minimum absolute atomic E-state index is 0.0666. The van der Waals surface area contributed by atoms with Crippen molar-refractivity contribution in [1.82, 2.24) is 5.43 Å². The summed E-state index contributed by atoms with van der Waals surface area (Å²) in [5, 5.41) is 3.88. The zero-order chi connectivity index (χ0) is 20.4. The van der Waals surface area contributed by atoms with Crippen LogP contribution in [0.25, 0.3) is 0 Å². The lowest BCUT2D eigenvalue weighted by Crippen LogP contribution is -2.29. The number of nitrogens with zero attached hydrogens (tertiary/aromatic N) is 2. The van der Waals surface area contributed by atoms with Gasteiger partial charge >= 0.3 is 0 Å². The summed E-state index contributed by atoms with van der Waals surface area (Å²) in [7, 11) is -2.15. The monoisotopic (exact) mass is 392 g/mol. The number of carbonyl (C=O) groups excluding carboxylic acids is 1. The van der Waals surface area contributed by atoms with Gasteiger partial charge in [-0.3, -0.25) is 9.35 Å². The van der Waals surface area contributed by atoms with Gasteiger partial charge in [-0.1, -0.05) is 31.5 Å². The molecule has 7 nitrogen and oxygen atoms in total. The van der Waals surface area contributed by atoms with Crippen molar-refractivity contribution in [3.63, 3.8) is 0 Å². The van der Waals surface area contributed by atoms with Crippen molar-refractivity contribution >= 4 is 22.2 Å². The number of nitrogens with one attached hydrogen (secondary N) is 1. The Kier molecular flexibility index (Phi) is 8.77. The van der Waals surface area contributed by atoms with Crippen molar-refractivity contribution in [2.24, 2.45) is 18.1 Å². The Hall–Kier alpha value is -2.58. The van der Waals surface area contributed by atoms with E-state index in [4.69, 9.17) is 4.55 Å². The Morgan fingerprint density at radius 3 is 2.41 bits per heavy atom. The standard InChI is InChI=1S/C12H17N3O.C7H8O3S/c1-10(2)6-7-13-14-12(16)11-5-4-8-15(3)9-11;1-6-2-4-7(5-3-6)11(8,9)10/h4-5,7-10H,6H2,1-3H3;2-5H,1H3,(H,8,9,10)/p+1/b13-7+;. The van der Waals surface area contributed by atoms with Crippen molar-refractivity contribution in [2.45, 2.75) is 32.1 Å². The van der Waals surface area contributed by atoms with E-state index in [1.54, 1.807) is 30.6 Å². The molecule has 146 valence electrons. The van der Waals surface area contributed by atoms with Crippen LogP contribution in [0, 0.1) is 12.8 Å². The third-order valence-electron chi connectivity index (χ3n) is 3.35. The van der Waals surface area contributed by atoms with Crippen LogP contribution in [0.3, 0.4) is 0 Å². The summed E-state index contributed by atoms with van der Waals surface area (Å²) >= 11 is 0. The highest BCUT2D eigenvalue weighted by molar-refractivity contribution is 7.85. The van der Waals surface area contributed by atoms with Crippen LogP contribution in [0.2, 0.25) is 0 Å². The highest BCUT2D eigenvalue weighted by atomic mass is 32.2. The van der Waals surface area contributed by atoms with Crippen molar-refractivity contribution in [1.29, 1.82) is 0 Å². The Labute approximate surface area is 160 Å². The van der Waals surface area contributed by atoms with Gasteiger partial charge in [-0.05, 0) is 37.5 Å². The topological polar surface area (TPSA) is 99.7 Å². The predicted octanol–water partition coefficient (Wildman–Crippen LogP) is 2.51. The van der Waals surface area contributed by atoms with Crippen LogP contribution in [0.4, 0.5) is 0 Å². The fourth-order valence-electron chi connectivity index (χ4n) is 1.86. The third-order valence-corrected chi connectivity index (χ3v) is 4.22. The summed E-state index contributed by atoms with van der Waals surface area (Å²) in [6.45, 7) is 6.05. The number of amides is 1. The number of aromatic nitrogens is 1. The van der Waals surface area contributed by atoms with E-state index in [-0.39, 0.29) is 10.8 Å². The van der Waals surface area contributed by atoms with E-state index in [1.165, 1.54) is 12.1 Å². The molecule has 0 aliphatic carbocycles. The average molecular weight is 393 g/mol. The normalized spacial score (nSPS) is 11.2. The van der Waals surface area contributed by atoms with Crippen LogP contribution in [0.5, 0.6) is 0 Å². The Balaban J connectivity index is 0.000000289. The first-order valence-corrected chi connectivity index (χ1v) is 9.85. The molecule has 27 heavy (non-hydrogen) atoms. The van der Waals surface area contributed by atoms with Crippen molar-refractivity contribution in [3.05, 3.63) is 59.9 Å². The van der Waals surface area contributed by atoms with Gasteiger partial charge in [0.2, 0.25) is 0 Å². The fourth-order valence-corrected chi connectivity index (χ4v) is 2.34. The third kappa shape index (κ3) is 9.07.